The van der Waals surface area contributed by atoms with E-state index >= 15 is 0 Å². The van der Waals surface area contributed by atoms with Crippen LogP contribution >= 0.6 is 11.3 Å². The van der Waals surface area contributed by atoms with E-state index in [0.717, 1.165) is 10.4 Å². The van der Waals surface area contributed by atoms with Gasteiger partial charge < -0.3 is 14.1 Å². The van der Waals surface area contributed by atoms with Gasteiger partial charge in [-0.3, -0.25) is 4.79 Å². The minimum atomic E-state index is -0.0750. The maximum absolute atomic E-state index is 12.8. The Morgan fingerprint density at radius 2 is 2.12 bits per heavy atom. The van der Waals surface area contributed by atoms with E-state index in [0.29, 0.717) is 37.0 Å². The van der Waals surface area contributed by atoms with E-state index in [4.69, 9.17) is 9.15 Å². The van der Waals surface area contributed by atoms with Crippen LogP contribution in [0.1, 0.15) is 23.1 Å². The van der Waals surface area contributed by atoms with Gasteiger partial charge in [0, 0.05) is 6.54 Å². The molecule has 26 heavy (non-hydrogen) atoms. The summed E-state index contributed by atoms with van der Waals surface area (Å²) in [6.07, 6.45) is 0.177. The lowest BCUT2D eigenvalue weighted by Gasteiger charge is -2.33. The van der Waals surface area contributed by atoms with Crippen molar-refractivity contribution in [1.29, 1.82) is 0 Å². The predicted octanol–water partition coefficient (Wildman–Crippen LogP) is 3.85. The van der Waals surface area contributed by atoms with Crippen LogP contribution in [0.5, 0.6) is 0 Å². The van der Waals surface area contributed by atoms with Crippen LogP contribution < -0.4 is 0 Å². The van der Waals surface area contributed by atoms with Crippen molar-refractivity contribution >= 4 is 17.2 Å². The number of aryl methyl sites for hydroxylation is 1. The molecule has 0 saturated carbocycles. The molecular weight excluding hydrogens is 348 g/mol. The van der Waals surface area contributed by atoms with Gasteiger partial charge in [0.15, 0.2) is 0 Å². The highest BCUT2D eigenvalue weighted by molar-refractivity contribution is 7.13. The molecule has 0 spiro atoms. The Hall–Kier alpha value is -2.44. The molecule has 4 rings (SSSR count). The number of rotatable bonds is 4. The third kappa shape index (κ3) is 3.57. The van der Waals surface area contributed by atoms with Gasteiger partial charge in [-0.1, -0.05) is 36.4 Å². The van der Waals surface area contributed by atoms with E-state index in [1.165, 1.54) is 0 Å². The highest BCUT2D eigenvalue weighted by Crippen LogP contribution is 2.27. The zero-order valence-corrected chi connectivity index (χ0v) is 15.4. The second-order valence-electron chi connectivity index (χ2n) is 6.29. The maximum atomic E-state index is 12.8. The van der Waals surface area contributed by atoms with Gasteiger partial charge in [-0.15, -0.1) is 11.3 Å². The Labute approximate surface area is 156 Å². The van der Waals surface area contributed by atoms with Crippen LogP contribution in [0, 0.1) is 6.92 Å². The summed E-state index contributed by atoms with van der Waals surface area (Å²) in [5.74, 6) is 1.35. The number of nitrogens with zero attached hydrogens (tertiary/aromatic N) is 2. The first-order valence-electron chi connectivity index (χ1n) is 8.65. The molecule has 0 bridgehead atoms. The molecule has 0 N–H and O–H groups in total. The SMILES string of the molecule is Cc1oc(-c2cccs2)nc1CC(=O)N1CCOC(c2ccccc2)C1. The molecule has 1 aliphatic rings. The fourth-order valence-corrected chi connectivity index (χ4v) is 3.75. The third-order valence-electron chi connectivity index (χ3n) is 4.53. The highest BCUT2D eigenvalue weighted by atomic mass is 32.1. The van der Waals surface area contributed by atoms with Gasteiger partial charge in [0.1, 0.15) is 11.9 Å². The Morgan fingerprint density at radius 3 is 2.88 bits per heavy atom. The summed E-state index contributed by atoms with van der Waals surface area (Å²) < 4.78 is 11.6. The largest absolute Gasteiger partial charge is 0.440 e. The molecule has 1 unspecified atom stereocenters. The molecule has 2 aromatic heterocycles. The quantitative estimate of drug-likeness (QED) is 0.702. The normalized spacial score (nSPS) is 17.4. The molecule has 1 aromatic carbocycles. The number of hydrogen-bond acceptors (Lipinski definition) is 5. The zero-order valence-electron chi connectivity index (χ0n) is 14.6. The number of thiophene rings is 1. The molecule has 6 heteroatoms. The number of aromatic nitrogens is 1. The van der Waals surface area contributed by atoms with E-state index in [-0.39, 0.29) is 18.4 Å². The molecular formula is C20H20N2O3S. The fraction of sp³-hybridized carbons (Fsp3) is 0.300. The Morgan fingerprint density at radius 1 is 1.27 bits per heavy atom. The molecule has 0 aliphatic carbocycles. The van der Waals surface area contributed by atoms with Crippen molar-refractivity contribution in [2.45, 2.75) is 19.4 Å². The average Bonchev–Trinajstić information content (AvgIpc) is 3.33. The van der Waals surface area contributed by atoms with Gasteiger partial charge >= 0.3 is 0 Å². The lowest BCUT2D eigenvalue weighted by Crippen LogP contribution is -2.43. The maximum Gasteiger partial charge on any atom is 0.236 e. The number of morpholine rings is 1. The first kappa shape index (κ1) is 17.0. The second-order valence-corrected chi connectivity index (χ2v) is 7.23. The second kappa shape index (κ2) is 7.43. The minimum Gasteiger partial charge on any atom is -0.440 e. The fourth-order valence-electron chi connectivity index (χ4n) is 3.10. The number of oxazole rings is 1. The van der Waals surface area contributed by atoms with Crippen molar-refractivity contribution in [3.8, 4) is 10.8 Å². The monoisotopic (exact) mass is 368 g/mol. The lowest BCUT2D eigenvalue weighted by atomic mass is 10.1. The molecule has 1 amide bonds. The number of hydrogen-bond donors (Lipinski definition) is 0. The summed E-state index contributed by atoms with van der Waals surface area (Å²) in [5, 5.41) is 1.98. The van der Waals surface area contributed by atoms with Crippen molar-refractivity contribution in [3.05, 3.63) is 64.9 Å². The first-order chi connectivity index (χ1) is 12.7. The van der Waals surface area contributed by atoms with Gasteiger partial charge in [0.25, 0.3) is 0 Å². The predicted molar refractivity (Wildman–Crippen MR) is 100.0 cm³/mol. The number of carbonyl (C=O) groups excluding carboxylic acids is 1. The van der Waals surface area contributed by atoms with E-state index in [1.54, 1.807) is 11.3 Å². The summed E-state index contributed by atoms with van der Waals surface area (Å²) in [4.78, 5) is 20.1. The van der Waals surface area contributed by atoms with Crippen LogP contribution in [0.25, 0.3) is 10.8 Å². The molecule has 134 valence electrons. The average molecular weight is 368 g/mol. The summed E-state index contributed by atoms with van der Waals surface area (Å²) in [6, 6.07) is 14.0. The number of carbonyl (C=O) groups is 1. The molecule has 3 heterocycles. The lowest BCUT2D eigenvalue weighted by molar-refractivity contribution is -0.138. The minimum absolute atomic E-state index is 0.0587. The molecule has 1 atom stereocenters. The van der Waals surface area contributed by atoms with Crippen LogP contribution in [-0.4, -0.2) is 35.5 Å². The highest BCUT2D eigenvalue weighted by Gasteiger charge is 2.26. The molecule has 1 saturated heterocycles. The molecule has 1 aliphatic heterocycles. The van der Waals surface area contributed by atoms with Crippen molar-refractivity contribution in [2.75, 3.05) is 19.7 Å². The Bertz CT molecular complexity index is 874. The summed E-state index contributed by atoms with van der Waals surface area (Å²) in [7, 11) is 0. The van der Waals surface area contributed by atoms with Gasteiger partial charge in [0.05, 0.1) is 30.1 Å². The van der Waals surface area contributed by atoms with Crippen LogP contribution in [0.4, 0.5) is 0 Å². The summed E-state index contributed by atoms with van der Waals surface area (Å²) >= 11 is 1.57. The van der Waals surface area contributed by atoms with E-state index < -0.39 is 0 Å². The van der Waals surface area contributed by atoms with Gasteiger partial charge in [0.2, 0.25) is 11.8 Å². The molecule has 5 nitrogen and oxygen atoms in total. The number of amides is 1. The van der Waals surface area contributed by atoms with Crippen molar-refractivity contribution in [3.63, 3.8) is 0 Å². The first-order valence-corrected chi connectivity index (χ1v) is 9.53. The molecule has 3 aromatic rings. The van der Waals surface area contributed by atoms with Crippen LogP contribution in [0.2, 0.25) is 0 Å². The summed E-state index contributed by atoms with van der Waals surface area (Å²) in [6.45, 7) is 3.58. The standard InChI is InChI=1S/C20H20N2O3S/c1-14-16(21-20(25-14)18-8-5-11-26-18)12-19(23)22-9-10-24-17(13-22)15-6-3-2-4-7-15/h2-8,11,17H,9-10,12-13H2,1H3. The third-order valence-corrected chi connectivity index (χ3v) is 5.39. The number of ether oxygens (including phenoxy) is 1. The Balaban J connectivity index is 1.45. The van der Waals surface area contributed by atoms with Crippen molar-refractivity contribution in [2.24, 2.45) is 0 Å². The Kier molecular flexibility index (Phi) is 4.86. The van der Waals surface area contributed by atoms with Crippen molar-refractivity contribution in [1.82, 2.24) is 9.88 Å². The van der Waals surface area contributed by atoms with Gasteiger partial charge in [-0.25, -0.2) is 4.98 Å². The molecule has 1 fully saturated rings. The van der Waals surface area contributed by atoms with Gasteiger partial charge in [-0.2, -0.15) is 0 Å². The van der Waals surface area contributed by atoms with Crippen molar-refractivity contribution < 1.29 is 13.9 Å². The smallest absolute Gasteiger partial charge is 0.236 e. The van der Waals surface area contributed by atoms with E-state index in [9.17, 15) is 4.79 Å². The zero-order chi connectivity index (χ0) is 17.9. The topological polar surface area (TPSA) is 55.6 Å². The van der Waals surface area contributed by atoms with E-state index in [2.05, 4.69) is 4.98 Å². The van der Waals surface area contributed by atoms with E-state index in [1.807, 2.05) is 59.7 Å². The molecule has 0 radical (unpaired) electrons. The van der Waals surface area contributed by atoms with Gasteiger partial charge in [-0.05, 0) is 23.9 Å². The van der Waals surface area contributed by atoms with Crippen LogP contribution in [0.15, 0.2) is 52.3 Å². The van der Waals surface area contributed by atoms with Crippen LogP contribution in [0.3, 0.4) is 0 Å². The van der Waals surface area contributed by atoms with Crippen LogP contribution in [-0.2, 0) is 16.0 Å². The summed E-state index contributed by atoms with van der Waals surface area (Å²) in [5.41, 5.74) is 1.81. The number of benzene rings is 1.